The van der Waals surface area contributed by atoms with Crippen LogP contribution in [-0.4, -0.2) is 16.6 Å². The summed E-state index contributed by atoms with van der Waals surface area (Å²) < 4.78 is 15.8. The Morgan fingerprint density at radius 2 is 2.24 bits per heavy atom. The van der Waals surface area contributed by atoms with E-state index in [1.165, 1.54) is 6.07 Å². The number of hydrogen-bond acceptors (Lipinski definition) is 2. The Labute approximate surface area is 108 Å². The van der Waals surface area contributed by atoms with E-state index >= 15 is 0 Å². The predicted molar refractivity (Wildman–Crippen MR) is 68.7 cm³/mol. The average Bonchev–Trinajstić information content (AvgIpc) is 2.72. The van der Waals surface area contributed by atoms with Gasteiger partial charge >= 0.3 is 0 Å². The molecule has 0 bridgehead atoms. The molecule has 0 saturated heterocycles. The maximum absolute atomic E-state index is 13.5. The van der Waals surface area contributed by atoms with Crippen molar-refractivity contribution < 1.29 is 4.39 Å². The lowest BCUT2D eigenvalue weighted by Crippen LogP contribution is -2.05. The summed E-state index contributed by atoms with van der Waals surface area (Å²) in [7, 11) is 1.86. The van der Waals surface area contributed by atoms with Gasteiger partial charge in [0.05, 0.1) is 22.2 Å². The van der Waals surface area contributed by atoms with Gasteiger partial charge in [-0.05, 0) is 47.6 Å². The first-order valence-corrected chi connectivity index (χ1v) is 6.04. The number of aromatic nitrogens is 2. The molecule has 0 saturated carbocycles. The number of benzene rings is 1. The lowest BCUT2D eigenvalue weighted by atomic mass is 10.2. The van der Waals surface area contributed by atoms with Crippen molar-refractivity contribution in [2.75, 3.05) is 7.05 Å². The zero-order chi connectivity index (χ0) is 12.4. The molecule has 0 spiro atoms. The molecule has 90 valence electrons. The van der Waals surface area contributed by atoms with Gasteiger partial charge in [0, 0.05) is 12.7 Å². The van der Waals surface area contributed by atoms with E-state index in [0.29, 0.717) is 11.0 Å². The number of nitrogens with zero attached hydrogens (tertiary/aromatic N) is 2. The van der Waals surface area contributed by atoms with Crippen LogP contribution in [0.5, 0.6) is 0 Å². The minimum absolute atomic E-state index is 0.269. The first-order valence-electron chi connectivity index (χ1n) is 5.25. The lowest BCUT2D eigenvalue weighted by Gasteiger charge is -2.07. The van der Waals surface area contributed by atoms with Crippen molar-refractivity contribution in [3.8, 4) is 5.69 Å². The Kier molecular flexibility index (Phi) is 3.59. The second-order valence-electron chi connectivity index (χ2n) is 3.86. The van der Waals surface area contributed by atoms with Gasteiger partial charge in [-0.2, -0.15) is 0 Å². The molecular weight excluding hydrogens is 285 g/mol. The summed E-state index contributed by atoms with van der Waals surface area (Å²) in [5.41, 5.74) is 2.72. The molecule has 2 aromatic rings. The Morgan fingerprint density at radius 1 is 1.47 bits per heavy atom. The summed E-state index contributed by atoms with van der Waals surface area (Å²) in [5, 5.41) is 3.03. The molecule has 3 nitrogen and oxygen atoms in total. The van der Waals surface area contributed by atoms with Crippen LogP contribution in [0, 0.1) is 12.7 Å². The molecule has 5 heteroatoms. The van der Waals surface area contributed by atoms with Gasteiger partial charge in [0.25, 0.3) is 0 Å². The fourth-order valence-electron chi connectivity index (χ4n) is 1.68. The Balaban J connectivity index is 2.41. The zero-order valence-electron chi connectivity index (χ0n) is 9.67. The third kappa shape index (κ3) is 2.56. The molecule has 0 radical (unpaired) electrons. The zero-order valence-corrected chi connectivity index (χ0v) is 11.3. The van der Waals surface area contributed by atoms with Crippen LogP contribution in [0.2, 0.25) is 0 Å². The predicted octanol–water partition coefficient (Wildman–Crippen LogP) is 2.80. The van der Waals surface area contributed by atoms with Gasteiger partial charge < -0.3 is 9.88 Å². The first-order chi connectivity index (χ1) is 8.11. The quantitative estimate of drug-likeness (QED) is 0.944. The van der Waals surface area contributed by atoms with Crippen LogP contribution >= 0.6 is 15.9 Å². The molecule has 0 aliphatic carbocycles. The molecule has 0 unspecified atom stereocenters. The van der Waals surface area contributed by atoms with Crippen LogP contribution in [0.25, 0.3) is 5.69 Å². The molecule has 1 N–H and O–H groups in total. The molecule has 17 heavy (non-hydrogen) atoms. The van der Waals surface area contributed by atoms with Gasteiger partial charge in [0.15, 0.2) is 0 Å². The van der Waals surface area contributed by atoms with Gasteiger partial charge in [0.1, 0.15) is 5.82 Å². The minimum atomic E-state index is -0.269. The molecule has 0 aliphatic heterocycles. The van der Waals surface area contributed by atoms with Gasteiger partial charge in [0.2, 0.25) is 0 Å². The molecule has 0 aliphatic rings. The highest BCUT2D eigenvalue weighted by Crippen LogP contribution is 2.23. The van der Waals surface area contributed by atoms with E-state index in [4.69, 9.17) is 0 Å². The number of nitrogens with one attached hydrogen (secondary N) is 1. The van der Waals surface area contributed by atoms with E-state index in [2.05, 4.69) is 26.2 Å². The molecule has 2 rings (SSSR count). The molecule has 1 aromatic carbocycles. The molecule has 0 fully saturated rings. The average molecular weight is 298 g/mol. The number of aryl methyl sites for hydroxylation is 1. The standard InChI is InChI=1S/C12H13BrFN3/c1-8-3-10(13)11(14)4-12(8)17-6-9(5-15-2)16-7-17/h3-4,6-7,15H,5H2,1-2H3. The molecule has 1 aromatic heterocycles. The summed E-state index contributed by atoms with van der Waals surface area (Å²) in [6.07, 6.45) is 3.59. The summed E-state index contributed by atoms with van der Waals surface area (Å²) >= 11 is 3.17. The highest BCUT2D eigenvalue weighted by atomic mass is 79.9. The summed E-state index contributed by atoms with van der Waals surface area (Å²) in [5.74, 6) is -0.269. The lowest BCUT2D eigenvalue weighted by molar-refractivity contribution is 0.619. The fourth-order valence-corrected chi connectivity index (χ4v) is 2.14. The molecule has 0 amide bonds. The maximum Gasteiger partial charge on any atom is 0.139 e. The molecule has 1 heterocycles. The monoisotopic (exact) mass is 297 g/mol. The van der Waals surface area contributed by atoms with Crippen LogP contribution in [0.4, 0.5) is 4.39 Å². The second kappa shape index (κ2) is 4.98. The third-order valence-corrected chi connectivity index (χ3v) is 3.12. The van der Waals surface area contributed by atoms with Gasteiger partial charge in [-0.1, -0.05) is 0 Å². The number of halogens is 2. The highest BCUT2D eigenvalue weighted by molar-refractivity contribution is 9.10. The van der Waals surface area contributed by atoms with Crippen molar-refractivity contribution in [3.63, 3.8) is 0 Å². The van der Waals surface area contributed by atoms with Crippen molar-refractivity contribution in [2.45, 2.75) is 13.5 Å². The van der Waals surface area contributed by atoms with Gasteiger partial charge in [-0.15, -0.1) is 0 Å². The van der Waals surface area contributed by atoms with E-state index in [9.17, 15) is 4.39 Å². The molecule has 0 atom stereocenters. The minimum Gasteiger partial charge on any atom is -0.314 e. The highest BCUT2D eigenvalue weighted by Gasteiger charge is 2.07. The normalized spacial score (nSPS) is 10.8. The smallest absolute Gasteiger partial charge is 0.139 e. The van der Waals surface area contributed by atoms with Crippen molar-refractivity contribution >= 4 is 15.9 Å². The summed E-state index contributed by atoms with van der Waals surface area (Å²) in [4.78, 5) is 4.24. The number of hydrogen-bond donors (Lipinski definition) is 1. The Hall–Kier alpha value is -1.20. The van der Waals surface area contributed by atoms with E-state index in [1.54, 1.807) is 12.4 Å². The number of rotatable bonds is 3. The van der Waals surface area contributed by atoms with Crippen molar-refractivity contribution in [3.05, 3.63) is 46.2 Å². The van der Waals surface area contributed by atoms with E-state index in [0.717, 1.165) is 16.9 Å². The van der Waals surface area contributed by atoms with Crippen LogP contribution in [0.3, 0.4) is 0 Å². The number of imidazole rings is 1. The maximum atomic E-state index is 13.5. The SMILES string of the molecule is CNCc1cn(-c2cc(F)c(Br)cc2C)cn1. The van der Waals surface area contributed by atoms with Crippen LogP contribution in [0.1, 0.15) is 11.3 Å². The van der Waals surface area contributed by atoms with Gasteiger partial charge in [-0.3, -0.25) is 0 Å². The second-order valence-corrected chi connectivity index (χ2v) is 4.71. The van der Waals surface area contributed by atoms with E-state index in [1.807, 2.05) is 24.7 Å². The summed E-state index contributed by atoms with van der Waals surface area (Å²) in [6, 6.07) is 3.27. The molecular formula is C12H13BrFN3. The summed E-state index contributed by atoms with van der Waals surface area (Å²) in [6.45, 7) is 2.64. The van der Waals surface area contributed by atoms with Crippen molar-refractivity contribution in [1.29, 1.82) is 0 Å². The Bertz CT molecular complexity index is 537. The van der Waals surface area contributed by atoms with Crippen LogP contribution in [0.15, 0.2) is 29.1 Å². The van der Waals surface area contributed by atoms with Crippen molar-refractivity contribution in [2.24, 2.45) is 0 Å². The first kappa shape index (κ1) is 12.3. The van der Waals surface area contributed by atoms with E-state index < -0.39 is 0 Å². The van der Waals surface area contributed by atoms with Gasteiger partial charge in [-0.25, -0.2) is 9.37 Å². The van der Waals surface area contributed by atoms with Crippen molar-refractivity contribution in [1.82, 2.24) is 14.9 Å². The fraction of sp³-hybridized carbons (Fsp3) is 0.250. The van der Waals surface area contributed by atoms with Crippen LogP contribution in [-0.2, 0) is 6.54 Å². The third-order valence-electron chi connectivity index (χ3n) is 2.51. The van der Waals surface area contributed by atoms with Crippen LogP contribution < -0.4 is 5.32 Å². The largest absolute Gasteiger partial charge is 0.314 e. The van der Waals surface area contributed by atoms with E-state index in [-0.39, 0.29) is 5.82 Å². The Morgan fingerprint density at radius 3 is 2.94 bits per heavy atom. The topological polar surface area (TPSA) is 29.9 Å².